The molecule has 0 aliphatic heterocycles. The first kappa shape index (κ1) is 29.8. The molecule has 3 nitrogen and oxygen atoms in total. The van der Waals surface area contributed by atoms with Gasteiger partial charge in [0.15, 0.2) is 5.82 Å². The van der Waals surface area contributed by atoms with Gasteiger partial charge in [-0.25, -0.2) is 9.97 Å². The van der Waals surface area contributed by atoms with E-state index in [4.69, 9.17) is 14.4 Å². The Morgan fingerprint density at radius 1 is 0.472 bits per heavy atom. The van der Waals surface area contributed by atoms with Crippen LogP contribution < -0.4 is 0 Å². The van der Waals surface area contributed by atoms with Gasteiger partial charge in [-0.2, -0.15) is 0 Å². The zero-order chi connectivity index (χ0) is 34.9. The van der Waals surface area contributed by atoms with E-state index in [0.717, 1.165) is 61.1 Å². The second kappa shape index (κ2) is 11.9. The smallest absolute Gasteiger partial charge is 0.160 e. The van der Waals surface area contributed by atoms with Gasteiger partial charge in [0.05, 0.1) is 11.4 Å². The molecule has 2 aromatic heterocycles. The van der Waals surface area contributed by atoms with Crippen LogP contribution in [0.3, 0.4) is 0 Å². The van der Waals surface area contributed by atoms with E-state index in [2.05, 4.69) is 146 Å². The average molecular weight is 677 g/mol. The summed E-state index contributed by atoms with van der Waals surface area (Å²) >= 11 is 0. The normalized spacial score (nSPS) is 18.2. The summed E-state index contributed by atoms with van der Waals surface area (Å²) < 4.78 is 6.73. The van der Waals surface area contributed by atoms with Gasteiger partial charge in [-0.15, -0.1) is 0 Å². The molecule has 0 radical (unpaired) electrons. The fraction of sp³-hybridized carbons (Fsp3) is 0.0400. The summed E-state index contributed by atoms with van der Waals surface area (Å²) in [4.78, 5) is 10.3. The summed E-state index contributed by atoms with van der Waals surface area (Å²) in [6.45, 7) is 0. The molecule has 5 aromatic carbocycles. The number of allylic oxidation sites excluding steroid dienone is 14. The largest absolute Gasteiger partial charge is 0.455 e. The third-order valence-corrected chi connectivity index (χ3v) is 11.1. The lowest BCUT2D eigenvalue weighted by Gasteiger charge is -2.40. The minimum atomic E-state index is 0.335. The molecule has 2 unspecified atom stereocenters. The maximum Gasteiger partial charge on any atom is 0.160 e. The van der Waals surface area contributed by atoms with Crippen molar-refractivity contribution in [3.05, 3.63) is 210 Å². The number of aromatic nitrogens is 2. The van der Waals surface area contributed by atoms with Crippen LogP contribution in [0.2, 0.25) is 0 Å². The molecule has 4 aliphatic carbocycles. The maximum atomic E-state index is 6.73. The molecule has 0 bridgehead atoms. The quantitative estimate of drug-likeness (QED) is 0.182. The Morgan fingerprint density at radius 3 is 1.98 bits per heavy atom. The minimum Gasteiger partial charge on any atom is -0.455 e. The lowest BCUT2D eigenvalue weighted by molar-refractivity contribution is 0.566. The highest BCUT2D eigenvalue weighted by Gasteiger charge is 2.38. The molecule has 0 saturated carbocycles. The van der Waals surface area contributed by atoms with Gasteiger partial charge in [0.25, 0.3) is 0 Å². The maximum absolute atomic E-state index is 6.73. The van der Waals surface area contributed by atoms with Crippen LogP contribution in [-0.4, -0.2) is 9.97 Å². The third-order valence-electron chi connectivity index (χ3n) is 11.1. The van der Waals surface area contributed by atoms with Crippen LogP contribution >= 0.6 is 0 Å². The van der Waals surface area contributed by atoms with E-state index in [1.165, 1.54) is 33.4 Å². The second-order valence-electron chi connectivity index (χ2n) is 14.1. The number of hydrogen-bond donors (Lipinski definition) is 0. The van der Waals surface area contributed by atoms with E-state index in [1.807, 2.05) is 36.4 Å². The van der Waals surface area contributed by atoms with Crippen molar-refractivity contribution in [2.75, 3.05) is 0 Å². The average Bonchev–Trinajstić information content (AvgIpc) is 3.62. The van der Waals surface area contributed by atoms with Gasteiger partial charge in [0.1, 0.15) is 11.2 Å². The number of benzene rings is 5. The lowest BCUT2D eigenvalue weighted by atomic mass is 9.63. The van der Waals surface area contributed by atoms with Crippen molar-refractivity contribution < 1.29 is 4.42 Å². The standard InChI is InChI=1S/C50H32N2O/c1-3-10-32(11-4-1)43-30-44(52-50(51-43)37-12-5-2-6-13-37)42-29-28-41-39-16-7-8-17-45(39)53-49(41)48(42)36-20-18-31(19-21-36)38-26-24-35-23-22-33-14-9-15-34-25-27-40(38)47(35)46(33)34/h1-30,46-47H. The summed E-state index contributed by atoms with van der Waals surface area (Å²) in [6, 6.07) is 44.4. The van der Waals surface area contributed by atoms with Crippen LogP contribution in [0.15, 0.2) is 209 Å². The highest BCUT2D eigenvalue weighted by atomic mass is 16.3. The number of nitrogens with zero attached hydrogens (tertiary/aromatic N) is 2. The predicted octanol–water partition coefficient (Wildman–Crippen LogP) is 12.5. The topological polar surface area (TPSA) is 38.9 Å². The van der Waals surface area contributed by atoms with Gasteiger partial charge in [-0.05, 0) is 57.2 Å². The molecule has 2 atom stereocenters. The minimum absolute atomic E-state index is 0.335. The van der Waals surface area contributed by atoms with E-state index in [-0.39, 0.29) is 0 Å². The Morgan fingerprint density at radius 2 is 1.15 bits per heavy atom. The van der Waals surface area contributed by atoms with E-state index in [0.29, 0.717) is 17.7 Å². The van der Waals surface area contributed by atoms with Crippen LogP contribution in [0.4, 0.5) is 0 Å². The van der Waals surface area contributed by atoms with Crippen molar-refractivity contribution in [3.63, 3.8) is 0 Å². The van der Waals surface area contributed by atoms with Crippen LogP contribution in [0.5, 0.6) is 0 Å². The van der Waals surface area contributed by atoms with E-state index >= 15 is 0 Å². The van der Waals surface area contributed by atoms with Gasteiger partial charge in [-0.3, -0.25) is 0 Å². The number of fused-ring (bicyclic) bond motifs is 3. The van der Waals surface area contributed by atoms with E-state index < -0.39 is 0 Å². The molecule has 248 valence electrons. The number of hydrogen-bond acceptors (Lipinski definition) is 3. The molecule has 53 heavy (non-hydrogen) atoms. The Balaban J connectivity index is 1.10. The van der Waals surface area contributed by atoms with Crippen molar-refractivity contribution in [2.24, 2.45) is 11.8 Å². The fourth-order valence-electron chi connectivity index (χ4n) is 8.63. The van der Waals surface area contributed by atoms with Gasteiger partial charge in [0.2, 0.25) is 0 Å². The van der Waals surface area contributed by atoms with Crippen molar-refractivity contribution in [2.45, 2.75) is 0 Å². The highest BCUT2D eigenvalue weighted by molar-refractivity contribution is 6.12. The molecular weight excluding hydrogens is 645 g/mol. The first-order valence-electron chi connectivity index (χ1n) is 18.2. The Labute approximate surface area is 307 Å². The van der Waals surface area contributed by atoms with Crippen molar-refractivity contribution in [1.29, 1.82) is 0 Å². The summed E-state index contributed by atoms with van der Waals surface area (Å²) in [7, 11) is 0. The molecular formula is C50H32N2O. The van der Waals surface area contributed by atoms with Crippen molar-refractivity contribution in [3.8, 4) is 45.0 Å². The highest BCUT2D eigenvalue weighted by Crippen LogP contribution is 2.51. The Kier molecular flexibility index (Phi) is 6.68. The monoisotopic (exact) mass is 676 g/mol. The molecule has 0 fully saturated rings. The number of furan rings is 1. The Hall–Kier alpha value is -6.84. The first-order chi connectivity index (χ1) is 26.3. The van der Waals surface area contributed by atoms with Gasteiger partial charge < -0.3 is 4.42 Å². The van der Waals surface area contributed by atoms with Gasteiger partial charge >= 0.3 is 0 Å². The Bertz CT molecular complexity index is 2800. The zero-order valence-corrected chi connectivity index (χ0v) is 28.8. The van der Waals surface area contributed by atoms with Crippen LogP contribution in [0.1, 0.15) is 5.56 Å². The van der Waals surface area contributed by atoms with Gasteiger partial charge in [0, 0.05) is 44.9 Å². The molecule has 2 heterocycles. The summed E-state index contributed by atoms with van der Waals surface area (Å²) in [5.74, 6) is 1.40. The third kappa shape index (κ3) is 4.82. The molecule has 0 saturated heterocycles. The molecule has 0 N–H and O–H groups in total. The molecule has 0 amide bonds. The SMILES string of the molecule is C1=CC2=CC=C3C=CC(c4ccc(-c5c(-c6cc(-c7ccccc7)nc(-c7ccccc7)n6)ccc6c5oc5ccccc56)cc4)=C4C=CC(=C1)C2C34. The number of rotatable bonds is 5. The fourth-order valence-corrected chi connectivity index (χ4v) is 8.63. The van der Waals surface area contributed by atoms with E-state index in [1.54, 1.807) is 0 Å². The predicted molar refractivity (Wildman–Crippen MR) is 217 cm³/mol. The first-order valence-corrected chi connectivity index (χ1v) is 18.2. The van der Waals surface area contributed by atoms with Gasteiger partial charge in [-0.1, -0.05) is 164 Å². The van der Waals surface area contributed by atoms with Crippen LogP contribution in [-0.2, 0) is 0 Å². The summed E-state index contributed by atoms with van der Waals surface area (Å²) in [5.41, 5.74) is 16.6. The molecule has 11 rings (SSSR count). The lowest BCUT2D eigenvalue weighted by Crippen LogP contribution is -2.29. The van der Waals surface area contributed by atoms with Crippen molar-refractivity contribution >= 4 is 27.5 Å². The summed E-state index contributed by atoms with van der Waals surface area (Å²) in [5, 5.41) is 2.19. The summed E-state index contributed by atoms with van der Waals surface area (Å²) in [6.07, 6.45) is 20.6. The molecule has 7 aromatic rings. The molecule has 4 aliphatic rings. The van der Waals surface area contributed by atoms with Crippen LogP contribution in [0, 0.1) is 11.8 Å². The zero-order valence-electron chi connectivity index (χ0n) is 28.8. The number of para-hydroxylation sites is 1. The molecule has 0 spiro atoms. The van der Waals surface area contributed by atoms with Crippen LogP contribution in [0.25, 0.3) is 72.5 Å². The molecule has 3 heteroatoms. The second-order valence-corrected chi connectivity index (χ2v) is 14.1. The van der Waals surface area contributed by atoms with Crippen molar-refractivity contribution in [1.82, 2.24) is 9.97 Å². The van der Waals surface area contributed by atoms with E-state index in [9.17, 15) is 0 Å².